The summed E-state index contributed by atoms with van der Waals surface area (Å²) >= 11 is 4.90. The van der Waals surface area contributed by atoms with Crippen LogP contribution in [0, 0.1) is 5.41 Å². The summed E-state index contributed by atoms with van der Waals surface area (Å²) in [5.74, 6) is -0.296. The summed E-state index contributed by atoms with van der Waals surface area (Å²) in [6.45, 7) is 0.659. The van der Waals surface area contributed by atoms with Crippen LogP contribution in [-0.2, 0) is 14.3 Å². The molecule has 2 rings (SSSR count). The number of hydrogen-bond acceptors (Lipinski definition) is 5. The Bertz CT molecular complexity index is 403. The minimum atomic E-state index is -0.709. The fraction of sp³-hybridized carbons (Fsp3) is 0.500. The zero-order valence-corrected chi connectivity index (χ0v) is 11.1. The van der Waals surface area contributed by atoms with E-state index in [-0.39, 0.29) is 12.0 Å². The van der Waals surface area contributed by atoms with Crippen LogP contribution < -0.4 is 5.73 Å². The number of ether oxygens (including phenoxy) is 2. The summed E-state index contributed by atoms with van der Waals surface area (Å²) in [6, 6.07) is 3.47. The zero-order chi connectivity index (χ0) is 11.8. The number of halogens is 1. The Hall–Kier alpha value is -0.430. The van der Waals surface area contributed by atoms with Gasteiger partial charge in [-0.25, -0.2) is 0 Å². The topological polar surface area (TPSA) is 61.5 Å². The molecule has 0 spiro atoms. The van der Waals surface area contributed by atoms with Crippen molar-refractivity contribution in [3.05, 3.63) is 20.8 Å². The van der Waals surface area contributed by atoms with E-state index in [0.717, 1.165) is 8.66 Å². The van der Waals surface area contributed by atoms with Crippen LogP contribution >= 0.6 is 27.3 Å². The number of carbonyl (C=O) groups excluding carboxylic acids is 1. The SMILES string of the molecule is COC(=O)C1(C(N)c2ccc(Br)s2)COC1. The molecular weight excluding hydrogens is 294 g/mol. The van der Waals surface area contributed by atoms with Crippen LogP contribution in [0.25, 0.3) is 0 Å². The van der Waals surface area contributed by atoms with Crippen molar-refractivity contribution in [1.82, 2.24) is 0 Å². The standard InChI is InChI=1S/C10H12BrNO3S/c1-14-9(13)10(4-15-5-10)8(12)6-2-3-7(11)16-6/h2-3,8H,4-5,12H2,1H3. The smallest absolute Gasteiger partial charge is 0.318 e. The van der Waals surface area contributed by atoms with Crippen molar-refractivity contribution < 1.29 is 14.3 Å². The van der Waals surface area contributed by atoms with Crippen LogP contribution in [0.15, 0.2) is 15.9 Å². The van der Waals surface area contributed by atoms with Crippen molar-refractivity contribution in [1.29, 1.82) is 0 Å². The Morgan fingerprint density at radius 1 is 1.69 bits per heavy atom. The van der Waals surface area contributed by atoms with Gasteiger partial charge in [-0.15, -0.1) is 11.3 Å². The monoisotopic (exact) mass is 305 g/mol. The zero-order valence-electron chi connectivity index (χ0n) is 8.73. The van der Waals surface area contributed by atoms with Crippen LogP contribution in [-0.4, -0.2) is 26.3 Å². The molecule has 1 atom stereocenters. The van der Waals surface area contributed by atoms with Crippen LogP contribution in [0.2, 0.25) is 0 Å². The molecule has 0 radical (unpaired) electrons. The van der Waals surface area contributed by atoms with Gasteiger partial charge in [0.25, 0.3) is 0 Å². The number of carbonyl (C=O) groups is 1. The first-order valence-corrected chi connectivity index (χ1v) is 6.38. The molecule has 2 N–H and O–H groups in total. The van der Waals surface area contributed by atoms with Crippen molar-refractivity contribution in [2.45, 2.75) is 6.04 Å². The number of methoxy groups -OCH3 is 1. The number of nitrogens with two attached hydrogens (primary N) is 1. The van der Waals surface area contributed by atoms with Crippen molar-refractivity contribution >= 4 is 33.2 Å². The van der Waals surface area contributed by atoms with Gasteiger partial charge < -0.3 is 15.2 Å². The molecule has 2 heterocycles. The maximum atomic E-state index is 11.7. The molecule has 1 aliphatic heterocycles. The molecule has 1 fully saturated rings. The highest BCUT2D eigenvalue weighted by atomic mass is 79.9. The molecule has 1 unspecified atom stereocenters. The molecular formula is C10H12BrNO3S. The van der Waals surface area contributed by atoms with Gasteiger partial charge in [0.15, 0.2) is 0 Å². The van der Waals surface area contributed by atoms with E-state index in [2.05, 4.69) is 15.9 Å². The van der Waals surface area contributed by atoms with Crippen LogP contribution in [0.3, 0.4) is 0 Å². The molecule has 1 aliphatic rings. The summed E-state index contributed by atoms with van der Waals surface area (Å²) in [6.07, 6.45) is 0. The predicted octanol–water partition coefficient (Wildman–Crippen LogP) is 1.70. The molecule has 16 heavy (non-hydrogen) atoms. The third-order valence-corrected chi connectivity index (χ3v) is 4.51. The van der Waals surface area contributed by atoms with Gasteiger partial charge >= 0.3 is 5.97 Å². The fourth-order valence-electron chi connectivity index (χ4n) is 1.72. The first kappa shape index (κ1) is 12.0. The molecule has 1 aromatic rings. The lowest BCUT2D eigenvalue weighted by atomic mass is 9.78. The molecule has 1 aromatic heterocycles. The molecule has 0 aromatic carbocycles. The summed E-state index contributed by atoms with van der Waals surface area (Å²) in [7, 11) is 1.37. The van der Waals surface area contributed by atoms with Crippen molar-refractivity contribution in [2.24, 2.45) is 11.1 Å². The van der Waals surface area contributed by atoms with Crippen LogP contribution in [0.5, 0.6) is 0 Å². The Kier molecular flexibility index (Phi) is 3.34. The van der Waals surface area contributed by atoms with Crippen LogP contribution in [0.1, 0.15) is 10.9 Å². The second-order valence-electron chi connectivity index (χ2n) is 3.76. The second kappa shape index (κ2) is 4.44. The molecule has 0 aliphatic carbocycles. The van der Waals surface area contributed by atoms with Gasteiger partial charge in [0.1, 0.15) is 5.41 Å². The van der Waals surface area contributed by atoms with Gasteiger partial charge in [0.2, 0.25) is 0 Å². The van der Waals surface area contributed by atoms with Gasteiger partial charge in [0, 0.05) is 4.88 Å². The molecule has 0 bridgehead atoms. The van der Waals surface area contributed by atoms with E-state index in [1.165, 1.54) is 18.4 Å². The largest absolute Gasteiger partial charge is 0.468 e. The maximum absolute atomic E-state index is 11.7. The third kappa shape index (κ3) is 1.79. The molecule has 88 valence electrons. The Labute approximate surface area is 106 Å². The van der Waals surface area contributed by atoms with Gasteiger partial charge in [0.05, 0.1) is 30.2 Å². The average Bonchev–Trinajstić information content (AvgIpc) is 2.62. The summed E-state index contributed by atoms with van der Waals surface area (Å²) in [4.78, 5) is 12.7. The minimum absolute atomic E-state index is 0.296. The van der Waals surface area contributed by atoms with Gasteiger partial charge in [-0.05, 0) is 28.1 Å². The van der Waals surface area contributed by atoms with E-state index < -0.39 is 5.41 Å². The Morgan fingerprint density at radius 3 is 2.75 bits per heavy atom. The van der Waals surface area contributed by atoms with Gasteiger partial charge in [-0.1, -0.05) is 0 Å². The first-order valence-electron chi connectivity index (χ1n) is 4.77. The summed E-state index contributed by atoms with van der Waals surface area (Å²) in [5, 5.41) is 0. The number of thiophene rings is 1. The van der Waals surface area contributed by atoms with Gasteiger partial charge in [-0.3, -0.25) is 4.79 Å². The van der Waals surface area contributed by atoms with E-state index >= 15 is 0 Å². The quantitative estimate of drug-likeness (QED) is 0.864. The highest BCUT2D eigenvalue weighted by Crippen LogP contribution is 2.42. The molecule has 4 nitrogen and oxygen atoms in total. The normalized spacial score (nSPS) is 19.9. The first-order chi connectivity index (χ1) is 7.60. The molecule has 6 heteroatoms. The van der Waals surface area contributed by atoms with E-state index in [0.29, 0.717) is 13.2 Å². The molecule has 0 saturated carbocycles. The molecule has 0 amide bonds. The lowest BCUT2D eigenvalue weighted by Crippen LogP contribution is -2.56. The lowest BCUT2D eigenvalue weighted by molar-refractivity contribution is -0.188. The lowest BCUT2D eigenvalue weighted by Gasteiger charge is -2.42. The number of hydrogen-bond donors (Lipinski definition) is 1. The highest BCUT2D eigenvalue weighted by Gasteiger charge is 2.52. The predicted molar refractivity (Wildman–Crippen MR) is 64.2 cm³/mol. The molecule has 1 saturated heterocycles. The maximum Gasteiger partial charge on any atom is 0.318 e. The number of esters is 1. The van der Waals surface area contributed by atoms with E-state index in [4.69, 9.17) is 15.2 Å². The minimum Gasteiger partial charge on any atom is -0.468 e. The fourth-order valence-corrected chi connectivity index (χ4v) is 3.26. The number of rotatable bonds is 3. The van der Waals surface area contributed by atoms with E-state index in [1.54, 1.807) is 0 Å². The van der Waals surface area contributed by atoms with E-state index in [1.807, 2.05) is 12.1 Å². The third-order valence-electron chi connectivity index (χ3n) is 2.81. The van der Waals surface area contributed by atoms with Crippen molar-refractivity contribution in [3.8, 4) is 0 Å². The summed E-state index contributed by atoms with van der Waals surface area (Å²) in [5.41, 5.74) is 5.42. The Morgan fingerprint density at radius 2 is 2.38 bits per heavy atom. The van der Waals surface area contributed by atoms with E-state index in [9.17, 15) is 4.79 Å². The summed E-state index contributed by atoms with van der Waals surface area (Å²) < 4.78 is 10.9. The highest BCUT2D eigenvalue weighted by molar-refractivity contribution is 9.11. The second-order valence-corrected chi connectivity index (χ2v) is 6.25. The average molecular weight is 306 g/mol. The van der Waals surface area contributed by atoms with Crippen molar-refractivity contribution in [2.75, 3.05) is 20.3 Å². The van der Waals surface area contributed by atoms with Crippen LogP contribution in [0.4, 0.5) is 0 Å². The van der Waals surface area contributed by atoms with Gasteiger partial charge in [-0.2, -0.15) is 0 Å². The Balaban J connectivity index is 2.25. The van der Waals surface area contributed by atoms with Crippen molar-refractivity contribution in [3.63, 3.8) is 0 Å².